The van der Waals surface area contributed by atoms with Crippen molar-refractivity contribution in [2.24, 2.45) is 0 Å². The van der Waals surface area contributed by atoms with E-state index in [0.29, 0.717) is 10.6 Å². The van der Waals surface area contributed by atoms with E-state index in [1.807, 2.05) is 0 Å². The molecular formula is C17H12ClN3O5S. The second-order valence-corrected chi connectivity index (χ2v) is 7.26. The maximum Gasteiger partial charge on any atom is 0.345 e. The molecule has 10 heteroatoms. The van der Waals surface area contributed by atoms with E-state index in [1.54, 1.807) is 0 Å². The highest BCUT2D eigenvalue weighted by atomic mass is 35.5. The lowest BCUT2D eigenvalue weighted by Gasteiger charge is -2.07. The van der Waals surface area contributed by atoms with Gasteiger partial charge in [0.1, 0.15) is 16.6 Å². The molecule has 0 saturated heterocycles. The lowest BCUT2D eigenvalue weighted by molar-refractivity contribution is -0.385. The van der Waals surface area contributed by atoms with Crippen molar-refractivity contribution in [2.45, 2.75) is 19.3 Å². The predicted octanol–water partition coefficient (Wildman–Crippen LogP) is 3.47. The van der Waals surface area contributed by atoms with Crippen LogP contribution in [0.25, 0.3) is 0 Å². The molecule has 1 heterocycles. The third-order valence-corrected chi connectivity index (χ3v) is 5.44. The van der Waals surface area contributed by atoms with Crippen molar-refractivity contribution in [3.63, 3.8) is 0 Å². The van der Waals surface area contributed by atoms with Crippen molar-refractivity contribution in [3.05, 3.63) is 54.9 Å². The molecular weight excluding hydrogens is 394 g/mol. The predicted molar refractivity (Wildman–Crippen MR) is 98.1 cm³/mol. The first kappa shape index (κ1) is 18.8. The van der Waals surface area contributed by atoms with Gasteiger partial charge in [-0.15, -0.1) is 11.3 Å². The maximum atomic E-state index is 12.1. The number of rotatable bonds is 5. The number of ether oxygens (including phenoxy) is 1. The van der Waals surface area contributed by atoms with E-state index in [-0.39, 0.29) is 10.6 Å². The fourth-order valence-corrected chi connectivity index (χ4v) is 4.24. The molecule has 1 aliphatic carbocycles. The van der Waals surface area contributed by atoms with E-state index in [2.05, 4.69) is 11.4 Å². The van der Waals surface area contributed by atoms with Gasteiger partial charge in [0.25, 0.3) is 11.6 Å². The number of nitro groups is 1. The lowest BCUT2D eigenvalue weighted by atomic mass is 10.1. The van der Waals surface area contributed by atoms with Crippen molar-refractivity contribution < 1.29 is 19.2 Å². The van der Waals surface area contributed by atoms with Gasteiger partial charge in [-0.05, 0) is 37.0 Å². The third kappa shape index (κ3) is 3.92. The van der Waals surface area contributed by atoms with Crippen LogP contribution in [0.4, 0.5) is 10.7 Å². The summed E-state index contributed by atoms with van der Waals surface area (Å²) < 4.78 is 4.87. The lowest BCUT2D eigenvalue weighted by Crippen LogP contribution is -2.21. The Bertz CT molecular complexity index is 995. The van der Waals surface area contributed by atoms with Gasteiger partial charge in [0.05, 0.1) is 10.5 Å². The normalized spacial score (nSPS) is 12.1. The van der Waals surface area contributed by atoms with Gasteiger partial charge in [0.15, 0.2) is 6.61 Å². The van der Waals surface area contributed by atoms with Gasteiger partial charge in [-0.1, -0.05) is 11.6 Å². The number of nitrogens with one attached hydrogen (secondary N) is 1. The molecule has 1 aliphatic rings. The Morgan fingerprint density at radius 1 is 1.41 bits per heavy atom. The molecule has 8 nitrogen and oxygen atoms in total. The van der Waals surface area contributed by atoms with Crippen LogP contribution in [0.3, 0.4) is 0 Å². The SMILES string of the molecule is N#Cc1c(NC(=O)COC(=O)c2cc(Cl)ccc2[N+](=O)[O-])sc2c1CCC2. The summed E-state index contributed by atoms with van der Waals surface area (Å²) >= 11 is 7.11. The number of nitro benzene ring substituents is 1. The number of halogens is 1. The quantitative estimate of drug-likeness (QED) is 0.461. The molecule has 0 fully saturated rings. The molecule has 0 bridgehead atoms. The largest absolute Gasteiger partial charge is 0.452 e. The molecule has 1 amide bonds. The number of nitrogens with zero attached hydrogens (tertiary/aromatic N) is 2. The summed E-state index contributed by atoms with van der Waals surface area (Å²) in [6.45, 7) is -0.643. The molecule has 0 unspecified atom stereocenters. The first-order valence-electron chi connectivity index (χ1n) is 7.86. The summed E-state index contributed by atoms with van der Waals surface area (Å²) in [4.78, 5) is 35.5. The smallest absolute Gasteiger partial charge is 0.345 e. The van der Waals surface area contributed by atoms with Crippen LogP contribution in [0.1, 0.15) is 32.8 Å². The van der Waals surface area contributed by atoms with E-state index in [1.165, 1.54) is 17.4 Å². The Labute approximate surface area is 162 Å². The number of hydrogen-bond acceptors (Lipinski definition) is 7. The first-order chi connectivity index (χ1) is 12.9. The number of benzene rings is 1. The summed E-state index contributed by atoms with van der Waals surface area (Å²) in [7, 11) is 0. The van der Waals surface area contributed by atoms with Crippen molar-refractivity contribution in [3.8, 4) is 6.07 Å². The molecule has 0 atom stereocenters. The summed E-state index contributed by atoms with van der Waals surface area (Å²) in [5.74, 6) is -1.67. The highest BCUT2D eigenvalue weighted by Crippen LogP contribution is 2.38. The van der Waals surface area contributed by atoms with Crippen LogP contribution in [-0.2, 0) is 22.4 Å². The Kier molecular flexibility index (Phi) is 5.39. The number of anilines is 1. The standard InChI is InChI=1S/C17H12ClN3O5S/c18-9-4-5-13(21(24)25)11(6-9)17(23)26-8-15(22)20-16-12(7-19)10-2-1-3-14(10)27-16/h4-6H,1-3,8H2,(H,20,22). The summed E-state index contributed by atoms with van der Waals surface area (Å²) in [6.07, 6.45) is 2.66. The number of carbonyl (C=O) groups is 2. The van der Waals surface area contributed by atoms with Gasteiger partial charge in [-0.2, -0.15) is 5.26 Å². The summed E-state index contributed by atoms with van der Waals surface area (Å²) in [6, 6.07) is 5.57. The zero-order valence-corrected chi connectivity index (χ0v) is 15.4. The number of carbonyl (C=O) groups excluding carboxylic acids is 2. The minimum absolute atomic E-state index is 0.128. The highest BCUT2D eigenvalue weighted by molar-refractivity contribution is 7.16. The van der Waals surface area contributed by atoms with Gasteiger partial charge in [0.2, 0.25) is 0 Å². The number of aryl methyl sites for hydroxylation is 1. The van der Waals surface area contributed by atoms with E-state index >= 15 is 0 Å². The van der Waals surface area contributed by atoms with Gasteiger partial charge < -0.3 is 10.1 Å². The second kappa shape index (κ2) is 7.73. The van der Waals surface area contributed by atoms with Crippen molar-refractivity contribution in [2.75, 3.05) is 11.9 Å². The van der Waals surface area contributed by atoms with Gasteiger partial charge in [0, 0.05) is 16.0 Å². The number of thiophene rings is 1. The molecule has 1 N–H and O–H groups in total. The fraction of sp³-hybridized carbons (Fsp3) is 0.235. The molecule has 1 aromatic carbocycles. The summed E-state index contributed by atoms with van der Waals surface area (Å²) in [5.41, 5.74) is 0.598. The molecule has 1 aromatic heterocycles. The van der Waals surface area contributed by atoms with Crippen molar-refractivity contribution in [1.82, 2.24) is 0 Å². The number of hydrogen-bond donors (Lipinski definition) is 1. The van der Waals surface area contributed by atoms with Gasteiger partial charge >= 0.3 is 5.97 Å². The minimum Gasteiger partial charge on any atom is -0.452 e. The monoisotopic (exact) mass is 405 g/mol. The first-order valence-corrected chi connectivity index (χ1v) is 9.05. The van der Waals surface area contributed by atoms with Crippen LogP contribution in [-0.4, -0.2) is 23.4 Å². The third-order valence-electron chi connectivity index (χ3n) is 4.00. The molecule has 0 saturated carbocycles. The topological polar surface area (TPSA) is 122 Å². The molecule has 27 heavy (non-hydrogen) atoms. The zero-order chi connectivity index (χ0) is 19.6. The average molecular weight is 406 g/mol. The van der Waals surface area contributed by atoms with Crippen LogP contribution in [0.2, 0.25) is 5.02 Å². The molecule has 0 spiro atoms. The molecule has 2 aromatic rings. The van der Waals surface area contributed by atoms with Crippen LogP contribution in [0, 0.1) is 21.4 Å². The summed E-state index contributed by atoms with van der Waals surface area (Å²) in [5, 5.41) is 23.4. The number of fused-ring (bicyclic) bond motifs is 1. The minimum atomic E-state index is -1.03. The molecule has 138 valence electrons. The number of esters is 1. The molecule has 0 radical (unpaired) electrons. The van der Waals surface area contributed by atoms with Gasteiger partial charge in [-0.3, -0.25) is 14.9 Å². The Morgan fingerprint density at radius 2 is 2.19 bits per heavy atom. The zero-order valence-electron chi connectivity index (χ0n) is 13.8. The maximum absolute atomic E-state index is 12.1. The van der Waals surface area contributed by atoms with Gasteiger partial charge in [-0.25, -0.2) is 4.79 Å². The van der Waals surface area contributed by atoms with Crippen LogP contribution in [0.15, 0.2) is 18.2 Å². The number of amides is 1. The highest BCUT2D eigenvalue weighted by Gasteiger charge is 2.25. The van der Waals surface area contributed by atoms with E-state index in [9.17, 15) is 25.0 Å². The Morgan fingerprint density at radius 3 is 2.89 bits per heavy atom. The van der Waals surface area contributed by atoms with Crippen LogP contribution >= 0.6 is 22.9 Å². The average Bonchev–Trinajstić information content (AvgIpc) is 3.19. The van der Waals surface area contributed by atoms with Crippen molar-refractivity contribution >= 4 is 45.5 Å². The van der Waals surface area contributed by atoms with Crippen LogP contribution < -0.4 is 5.32 Å². The molecule has 3 rings (SSSR count). The van der Waals surface area contributed by atoms with Crippen LogP contribution in [0.5, 0.6) is 0 Å². The Balaban J connectivity index is 1.67. The second-order valence-electron chi connectivity index (χ2n) is 5.72. The Hall–Kier alpha value is -2.96. The van der Waals surface area contributed by atoms with E-state index in [0.717, 1.165) is 41.8 Å². The van der Waals surface area contributed by atoms with E-state index in [4.69, 9.17) is 16.3 Å². The van der Waals surface area contributed by atoms with Crippen molar-refractivity contribution in [1.29, 1.82) is 5.26 Å². The van der Waals surface area contributed by atoms with E-state index < -0.39 is 29.1 Å². The number of nitriles is 1. The fourth-order valence-electron chi connectivity index (χ4n) is 2.81. The molecule has 0 aliphatic heterocycles.